The zero-order valence-corrected chi connectivity index (χ0v) is 23.2. The van der Waals surface area contributed by atoms with Crippen LogP contribution in [-0.4, -0.2) is 41.0 Å². The highest BCUT2D eigenvalue weighted by Gasteiger charge is 2.42. The number of hydrogen-bond acceptors (Lipinski definition) is 6. The van der Waals surface area contributed by atoms with Crippen LogP contribution in [0.1, 0.15) is 106 Å². The highest BCUT2D eigenvalue weighted by atomic mass is 35.5. The van der Waals surface area contributed by atoms with Crippen molar-refractivity contribution in [3.63, 3.8) is 0 Å². The molecule has 0 unspecified atom stereocenters. The van der Waals surface area contributed by atoms with Crippen molar-refractivity contribution in [3.05, 3.63) is 45.8 Å². The number of aliphatic carboxylic acids is 1. The number of carboxylic acids is 1. The van der Waals surface area contributed by atoms with Gasteiger partial charge in [-0.25, -0.2) is 0 Å². The molecule has 8 nitrogen and oxygen atoms in total. The van der Waals surface area contributed by atoms with Crippen LogP contribution >= 0.6 is 11.6 Å². The van der Waals surface area contributed by atoms with Gasteiger partial charge in [-0.15, -0.1) is 0 Å². The van der Waals surface area contributed by atoms with E-state index in [0.29, 0.717) is 40.4 Å². The summed E-state index contributed by atoms with van der Waals surface area (Å²) in [7, 11) is 1.74. The zero-order chi connectivity index (χ0) is 27.4. The number of hydrogen-bond donors (Lipinski definition) is 3. The minimum Gasteiger partial charge on any atom is -0.481 e. The number of benzene rings is 1. The number of carboxylic acid groups (broad SMARTS) is 1. The van der Waals surface area contributed by atoms with Gasteiger partial charge in [0, 0.05) is 37.4 Å². The quantitative estimate of drug-likeness (QED) is 0.256. The molecule has 2 aliphatic carbocycles. The Balaban J connectivity index is 1.49. The lowest BCUT2D eigenvalue weighted by Gasteiger charge is -2.39. The fourth-order valence-electron chi connectivity index (χ4n) is 5.86. The molecule has 1 amide bonds. The second-order valence-electron chi connectivity index (χ2n) is 11.8. The Morgan fingerprint density at radius 3 is 2.61 bits per heavy atom. The van der Waals surface area contributed by atoms with Gasteiger partial charge >= 0.3 is 5.97 Å². The van der Waals surface area contributed by atoms with Gasteiger partial charge in [-0.1, -0.05) is 36.7 Å². The molecule has 1 atom stereocenters. The molecule has 0 aliphatic heterocycles. The maximum absolute atomic E-state index is 13.0. The molecule has 2 saturated carbocycles. The average Bonchev–Trinajstić information content (AvgIpc) is 3.58. The number of halogens is 1. The van der Waals surface area contributed by atoms with Crippen LogP contribution < -0.4 is 5.32 Å². The van der Waals surface area contributed by atoms with E-state index in [1.807, 2.05) is 0 Å². The van der Waals surface area contributed by atoms with Crippen LogP contribution in [0, 0.1) is 11.3 Å². The van der Waals surface area contributed by atoms with Crippen molar-refractivity contribution < 1.29 is 29.1 Å². The predicted molar refractivity (Wildman–Crippen MR) is 144 cm³/mol. The van der Waals surface area contributed by atoms with Crippen LogP contribution in [0.2, 0.25) is 5.02 Å². The summed E-state index contributed by atoms with van der Waals surface area (Å²) in [5, 5.41) is 26.3. The van der Waals surface area contributed by atoms with E-state index >= 15 is 0 Å². The molecule has 0 spiro atoms. The number of anilines is 1. The van der Waals surface area contributed by atoms with Gasteiger partial charge in [-0.3, -0.25) is 9.59 Å². The SMILES string of the molecule is COCC(C)(C)C[C@H]1C[C@@H](c2onc([C@@H](CCC(=O)O)CC(=O)Nc3ccc(CO)cc3Cl)c2C2CC2)C1. The first-order chi connectivity index (χ1) is 18.1. The highest BCUT2D eigenvalue weighted by molar-refractivity contribution is 6.33. The third-order valence-electron chi connectivity index (χ3n) is 7.77. The number of methoxy groups -OCH3 is 1. The molecule has 208 valence electrons. The first-order valence-electron chi connectivity index (χ1n) is 13.5. The summed E-state index contributed by atoms with van der Waals surface area (Å²) in [5.41, 5.74) is 3.08. The van der Waals surface area contributed by atoms with Crippen molar-refractivity contribution in [1.82, 2.24) is 5.16 Å². The molecule has 1 aromatic heterocycles. The molecule has 0 radical (unpaired) electrons. The minimum atomic E-state index is -0.907. The Bertz CT molecular complexity index is 1140. The number of carbonyl (C=O) groups is 2. The Morgan fingerprint density at radius 2 is 2.00 bits per heavy atom. The summed E-state index contributed by atoms with van der Waals surface area (Å²) in [6, 6.07) is 4.96. The average molecular weight is 547 g/mol. The van der Waals surface area contributed by atoms with E-state index < -0.39 is 5.97 Å². The summed E-state index contributed by atoms with van der Waals surface area (Å²) in [6.07, 6.45) is 5.62. The van der Waals surface area contributed by atoms with Gasteiger partial charge in [-0.05, 0) is 73.5 Å². The molecule has 38 heavy (non-hydrogen) atoms. The molecule has 2 fully saturated rings. The molecular formula is C29H39ClN2O6. The van der Waals surface area contributed by atoms with Gasteiger partial charge in [0.1, 0.15) is 5.76 Å². The topological polar surface area (TPSA) is 122 Å². The molecular weight excluding hydrogens is 508 g/mol. The smallest absolute Gasteiger partial charge is 0.303 e. The molecule has 4 rings (SSSR count). The van der Waals surface area contributed by atoms with Crippen LogP contribution in [0.25, 0.3) is 0 Å². The second kappa shape index (κ2) is 12.2. The number of amides is 1. The summed E-state index contributed by atoms with van der Waals surface area (Å²) < 4.78 is 11.3. The number of carbonyl (C=O) groups excluding carboxylic acids is 1. The fourth-order valence-corrected chi connectivity index (χ4v) is 6.11. The number of nitrogens with one attached hydrogen (secondary N) is 1. The lowest BCUT2D eigenvalue weighted by Crippen LogP contribution is -2.30. The van der Waals surface area contributed by atoms with Crippen molar-refractivity contribution in [2.24, 2.45) is 11.3 Å². The number of rotatable bonds is 14. The predicted octanol–water partition coefficient (Wildman–Crippen LogP) is 6.23. The molecule has 0 bridgehead atoms. The molecule has 2 aliphatic rings. The van der Waals surface area contributed by atoms with Crippen molar-refractivity contribution in [1.29, 1.82) is 0 Å². The Labute approximate surface area is 229 Å². The molecule has 1 aromatic carbocycles. The van der Waals surface area contributed by atoms with E-state index in [2.05, 4.69) is 24.3 Å². The number of aliphatic hydroxyl groups is 1. The number of aliphatic hydroxyl groups excluding tert-OH is 1. The van der Waals surface area contributed by atoms with Crippen molar-refractivity contribution in [2.45, 2.75) is 89.6 Å². The normalized spacial score (nSPS) is 20.1. The van der Waals surface area contributed by atoms with Crippen LogP contribution in [0.3, 0.4) is 0 Å². The molecule has 2 aromatic rings. The minimum absolute atomic E-state index is 0.0592. The Kier molecular flexibility index (Phi) is 9.16. The second-order valence-corrected chi connectivity index (χ2v) is 12.2. The standard InChI is InChI=1S/C29H39ClN2O6/c1-29(2,16-37-3)14-18-10-21(11-18)28-26(19-5-6-19)27(32-38-28)20(7-9-25(35)36)13-24(34)31-23-8-4-17(15-33)12-22(23)30/h4,8,12,18-21,33H,5-7,9-11,13-16H2,1-3H3,(H,31,34)(H,35,36)/t18-,20-,21+/m0/s1. The number of nitrogens with zero attached hydrogens (tertiary/aromatic N) is 1. The lowest BCUT2D eigenvalue weighted by molar-refractivity contribution is -0.137. The summed E-state index contributed by atoms with van der Waals surface area (Å²) in [5.74, 6) is 0.683. The van der Waals surface area contributed by atoms with E-state index in [1.54, 1.807) is 25.3 Å². The van der Waals surface area contributed by atoms with E-state index in [9.17, 15) is 19.8 Å². The Hall–Kier alpha value is -2.42. The van der Waals surface area contributed by atoms with Gasteiger partial charge in [0.15, 0.2) is 0 Å². The van der Waals surface area contributed by atoms with Gasteiger partial charge in [0.25, 0.3) is 0 Å². The Morgan fingerprint density at radius 1 is 1.26 bits per heavy atom. The first-order valence-corrected chi connectivity index (χ1v) is 13.9. The van der Waals surface area contributed by atoms with Crippen LogP contribution in [-0.2, 0) is 20.9 Å². The van der Waals surface area contributed by atoms with Crippen molar-refractivity contribution in [2.75, 3.05) is 19.0 Å². The van der Waals surface area contributed by atoms with Gasteiger partial charge in [0.2, 0.25) is 5.91 Å². The summed E-state index contributed by atoms with van der Waals surface area (Å²) in [6.45, 7) is 5.06. The van der Waals surface area contributed by atoms with Gasteiger partial charge < -0.3 is 24.8 Å². The van der Waals surface area contributed by atoms with Gasteiger partial charge in [0.05, 0.1) is 29.6 Å². The molecule has 9 heteroatoms. The fraction of sp³-hybridized carbons (Fsp3) is 0.621. The van der Waals surface area contributed by atoms with E-state index in [1.165, 1.54) is 0 Å². The molecule has 1 heterocycles. The van der Waals surface area contributed by atoms with Crippen LogP contribution in [0.15, 0.2) is 22.7 Å². The summed E-state index contributed by atoms with van der Waals surface area (Å²) in [4.78, 5) is 24.5. The van der Waals surface area contributed by atoms with E-state index in [0.717, 1.165) is 55.7 Å². The van der Waals surface area contributed by atoms with Crippen molar-refractivity contribution in [3.8, 4) is 0 Å². The third kappa shape index (κ3) is 7.16. The first kappa shape index (κ1) is 28.6. The molecule has 3 N–H and O–H groups in total. The maximum Gasteiger partial charge on any atom is 0.303 e. The number of ether oxygens (including phenoxy) is 1. The van der Waals surface area contributed by atoms with Crippen LogP contribution in [0.4, 0.5) is 5.69 Å². The van der Waals surface area contributed by atoms with E-state index in [4.69, 9.17) is 20.9 Å². The zero-order valence-electron chi connectivity index (χ0n) is 22.5. The summed E-state index contributed by atoms with van der Waals surface area (Å²) >= 11 is 6.28. The monoisotopic (exact) mass is 546 g/mol. The van der Waals surface area contributed by atoms with Crippen LogP contribution in [0.5, 0.6) is 0 Å². The lowest BCUT2D eigenvalue weighted by atomic mass is 9.66. The van der Waals surface area contributed by atoms with E-state index in [-0.39, 0.29) is 36.7 Å². The van der Waals surface area contributed by atoms with Crippen molar-refractivity contribution >= 4 is 29.2 Å². The number of aromatic nitrogens is 1. The highest BCUT2D eigenvalue weighted by Crippen LogP contribution is 2.53. The third-order valence-corrected chi connectivity index (χ3v) is 8.08. The maximum atomic E-state index is 13.0. The molecule has 0 saturated heterocycles. The van der Waals surface area contributed by atoms with Gasteiger partial charge in [-0.2, -0.15) is 0 Å². The largest absolute Gasteiger partial charge is 0.481 e.